The van der Waals surface area contributed by atoms with Crippen molar-refractivity contribution in [2.24, 2.45) is 0 Å². The van der Waals surface area contributed by atoms with Crippen LogP contribution in [0.3, 0.4) is 0 Å². The van der Waals surface area contributed by atoms with Crippen molar-refractivity contribution in [1.82, 2.24) is 4.72 Å². The van der Waals surface area contributed by atoms with Crippen molar-refractivity contribution >= 4 is 15.7 Å². The van der Waals surface area contributed by atoms with Gasteiger partial charge < -0.3 is 4.74 Å². The Hall–Kier alpha value is -2.29. The molecule has 3 rings (SSSR count). The Morgan fingerprint density at radius 3 is 2.67 bits per heavy atom. The van der Waals surface area contributed by atoms with Gasteiger partial charge in [0.2, 0.25) is 10.0 Å². The Balaban J connectivity index is 1.68. The number of nitro groups is 1. The Kier molecular flexibility index (Phi) is 4.61. The third kappa shape index (κ3) is 3.61. The SMILES string of the molecule is O=[N+]([O-])c1cccc(S(=O)(=O)NCC2Cc3ccccc3CO2)c1. The summed E-state index contributed by atoms with van der Waals surface area (Å²) >= 11 is 0. The minimum atomic E-state index is -3.83. The first-order chi connectivity index (χ1) is 11.5. The standard InChI is InChI=1S/C16H16N2O5S/c19-18(20)14-6-3-7-16(9-14)24(21,22)17-10-15-8-12-4-1-2-5-13(12)11-23-15/h1-7,9,15,17H,8,10-11H2. The summed E-state index contributed by atoms with van der Waals surface area (Å²) in [6.07, 6.45) is 0.349. The summed E-state index contributed by atoms with van der Waals surface area (Å²) in [5, 5.41) is 10.8. The van der Waals surface area contributed by atoms with E-state index in [9.17, 15) is 18.5 Å². The first-order valence-corrected chi connectivity index (χ1v) is 8.86. The van der Waals surface area contributed by atoms with Crippen LogP contribution in [0.2, 0.25) is 0 Å². The smallest absolute Gasteiger partial charge is 0.270 e. The average Bonchev–Trinajstić information content (AvgIpc) is 2.60. The molecule has 0 saturated heterocycles. The predicted octanol–water partition coefficient (Wildman–Crippen LogP) is 2.01. The first kappa shape index (κ1) is 16.6. The van der Waals surface area contributed by atoms with Crippen LogP contribution in [0.25, 0.3) is 0 Å². The van der Waals surface area contributed by atoms with E-state index < -0.39 is 14.9 Å². The summed E-state index contributed by atoms with van der Waals surface area (Å²) in [7, 11) is -3.83. The van der Waals surface area contributed by atoms with E-state index in [4.69, 9.17) is 4.74 Å². The zero-order chi connectivity index (χ0) is 17.2. The lowest BCUT2D eigenvalue weighted by molar-refractivity contribution is -0.385. The van der Waals surface area contributed by atoms with Crippen LogP contribution in [0.4, 0.5) is 5.69 Å². The average molecular weight is 348 g/mol. The van der Waals surface area contributed by atoms with E-state index in [0.29, 0.717) is 13.0 Å². The maximum Gasteiger partial charge on any atom is 0.270 e. The number of hydrogen-bond donors (Lipinski definition) is 1. The third-order valence-electron chi connectivity index (χ3n) is 3.88. The van der Waals surface area contributed by atoms with Gasteiger partial charge in [0.05, 0.1) is 22.5 Å². The number of sulfonamides is 1. The molecular weight excluding hydrogens is 332 g/mol. The molecule has 7 nitrogen and oxygen atoms in total. The molecule has 0 aliphatic carbocycles. The summed E-state index contributed by atoms with van der Waals surface area (Å²) in [6, 6.07) is 12.8. The van der Waals surface area contributed by atoms with E-state index in [1.165, 1.54) is 18.2 Å². The Morgan fingerprint density at radius 1 is 1.17 bits per heavy atom. The summed E-state index contributed by atoms with van der Waals surface area (Å²) in [5.74, 6) is 0. The molecule has 2 aromatic carbocycles. The summed E-state index contributed by atoms with van der Waals surface area (Å²) < 4.78 is 32.7. The number of ether oxygens (including phenoxy) is 1. The van der Waals surface area contributed by atoms with Gasteiger partial charge in [0.1, 0.15) is 0 Å². The monoisotopic (exact) mass is 348 g/mol. The maximum atomic E-state index is 12.3. The molecule has 1 heterocycles. The molecule has 0 fully saturated rings. The molecule has 1 unspecified atom stereocenters. The van der Waals surface area contributed by atoms with Crippen molar-refractivity contribution in [3.63, 3.8) is 0 Å². The van der Waals surface area contributed by atoms with Crippen molar-refractivity contribution in [2.45, 2.75) is 24.0 Å². The highest BCUT2D eigenvalue weighted by molar-refractivity contribution is 7.89. The lowest BCUT2D eigenvalue weighted by Crippen LogP contribution is -2.36. The fourth-order valence-electron chi connectivity index (χ4n) is 2.59. The molecule has 0 saturated carbocycles. The minimum Gasteiger partial charge on any atom is -0.372 e. The molecular formula is C16H16N2O5S. The number of nitrogens with one attached hydrogen (secondary N) is 1. The number of rotatable bonds is 5. The number of non-ortho nitro benzene ring substituents is 1. The molecule has 0 spiro atoms. The second-order valence-corrected chi connectivity index (χ2v) is 7.28. The fraction of sp³-hybridized carbons (Fsp3) is 0.250. The molecule has 0 amide bonds. The van der Waals surface area contributed by atoms with E-state index in [-0.39, 0.29) is 23.2 Å². The zero-order valence-corrected chi connectivity index (χ0v) is 13.5. The first-order valence-electron chi connectivity index (χ1n) is 7.38. The van der Waals surface area contributed by atoms with Crippen molar-refractivity contribution in [3.8, 4) is 0 Å². The van der Waals surface area contributed by atoms with Crippen molar-refractivity contribution in [1.29, 1.82) is 0 Å². The third-order valence-corrected chi connectivity index (χ3v) is 5.30. The normalized spacial score (nSPS) is 17.2. The molecule has 1 aliphatic heterocycles. The zero-order valence-electron chi connectivity index (χ0n) is 12.7. The highest BCUT2D eigenvalue weighted by Gasteiger charge is 2.23. The summed E-state index contributed by atoms with van der Waals surface area (Å²) in [4.78, 5) is 10.0. The van der Waals surface area contributed by atoms with Gasteiger partial charge in [-0.25, -0.2) is 13.1 Å². The van der Waals surface area contributed by atoms with Crippen molar-refractivity contribution in [2.75, 3.05) is 6.54 Å². The fourth-order valence-corrected chi connectivity index (χ4v) is 3.70. The van der Waals surface area contributed by atoms with E-state index in [2.05, 4.69) is 4.72 Å². The molecule has 0 bridgehead atoms. The Morgan fingerprint density at radius 2 is 1.92 bits per heavy atom. The van der Waals surface area contributed by atoms with E-state index in [0.717, 1.165) is 17.2 Å². The highest BCUT2D eigenvalue weighted by Crippen LogP contribution is 2.21. The van der Waals surface area contributed by atoms with Crippen LogP contribution < -0.4 is 4.72 Å². The predicted molar refractivity (Wildman–Crippen MR) is 87.0 cm³/mol. The van der Waals surface area contributed by atoms with Crippen LogP contribution >= 0.6 is 0 Å². The summed E-state index contributed by atoms with van der Waals surface area (Å²) in [6.45, 7) is 0.554. The van der Waals surface area contributed by atoms with Gasteiger partial charge in [0.25, 0.3) is 5.69 Å². The molecule has 0 radical (unpaired) electrons. The molecule has 126 valence electrons. The van der Waals surface area contributed by atoms with Gasteiger partial charge in [0, 0.05) is 25.1 Å². The van der Waals surface area contributed by atoms with Gasteiger partial charge in [-0.3, -0.25) is 10.1 Å². The quantitative estimate of drug-likeness (QED) is 0.658. The van der Waals surface area contributed by atoms with Crippen LogP contribution in [0.15, 0.2) is 53.4 Å². The van der Waals surface area contributed by atoms with Gasteiger partial charge in [-0.1, -0.05) is 30.3 Å². The molecule has 24 heavy (non-hydrogen) atoms. The van der Waals surface area contributed by atoms with Crippen LogP contribution in [-0.2, 0) is 27.8 Å². The van der Waals surface area contributed by atoms with Crippen LogP contribution in [0.5, 0.6) is 0 Å². The van der Waals surface area contributed by atoms with Gasteiger partial charge in [-0.2, -0.15) is 0 Å². The number of hydrogen-bond acceptors (Lipinski definition) is 5. The number of nitrogens with zero attached hydrogens (tertiary/aromatic N) is 1. The maximum absolute atomic E-state index is 12.3. The van der Waals surface area contributed by atoms with E-state index in [1.807, 2.05) is 24.3 Å². The Labute approximate surface area is 139 Å². The summed E-state index contributed by atoms with van der Waals surface area (Å²) in [5.41, 5.74) is 1.99. The lowest BCUT2D eigenvalue weighted by Gasteiger charge is -2.25. The molecule has 1 N–H and O–H groups in total. The lowest BCUT2D eigenvalue weighted by atomic mass is 9.99. The van der Waals surface area contributed by atoms with E-state index >= 15 is 0 Å². The second kappa shape index (κ2) is 6.68. The number of nitro benzene ring substituents is 1. The highest BCUT2D eigenvalue weighted by atomic mass is 32.2. The number of benzene rings is 2. The van der Waals surface area contributed by atoms with Gasteiger partial charge in [0.15, 0.2) is 0 Å². The second-order valence-electron chi connectivity index (χ2n) is 5.51. The molecule has 2 aromatic rings. The van der Waals surface area contributed by atoms with Crippen molar-refractivity contribution < 1.29 is 18.1 Å². The van der Waals surface area contributed by atoms with Crippen LogP contribution in [0, 0.1) is 10.1 Å². The molecule has 0 aromatic heterocycles. The van der Waals surface area contributed by atoms with E-state index in [1.54, 1.807) is 0 Å². The van der Waals surface area contributed by atoms with Crippen molar-refractivity contribution in [3.05, 3.63) is 69.8 Å². The van der Waals surface area contributed by atoms with Crippen LogP contribution in [-0.4, -0.2) is 26.0 Å². The molecule has 1 atom stereocenters. The van der Waals surface area contributed by atoms with Crippen LogP contribution in [0.1, 0.15) is 11.1 Å². The van der Waals surface area contributed by atoms with Gasteiger partial charge in [-0.05, 0) is 17.2 Å². The molecule has 8 heteroatoms. The molecule has 1 aliphatic rings. The van der Waals surface area contributed by atoms with Gasteiger partial charge >= 0.3 is 0 Å². The Bertz CT molecular complexity index is 866. The topological polar surface area (TPSA) is 98.5 Å². The largest absolute Gasteiger partial charge is 0.372 e. The minimum absolute atomic E-state index is 0.110. The van der Waals surface area contributed by atoms with Gasteiger partial charge in [-0.15, -0.1) is 0 Å². The number of fused-ring (bicyclic) bond motifs is 1.